The van der Waals surface area contributed by atoms with Gasteiger partial charge in [0.2, 0.25) is 0 Å². The van der Waals surface area contributed by atoms with E-state index >= 15 is 0 Å². The zero-order valence-electron chi connectivity index (χ0n) is 9.32. The van der Waals surface area contributed by atoms with Crippen LogP contribution in [0.2, 0.25) is 0 Å². The number of likely N-dealkylation sites (tertiary alicyclic amines) is 1. The Balaban J connectivity index is 2.04. The highest BCUT2D eigenvalue weighted by atomic mass is 15.2. The molecule has 0 spiro atoms. The van der Waals surface area contributed by atoms with Crippen LogP contribution in [-0.2, 0) is 6.54 Å². The Morgan fingerprint density at radius 1 is 1.50 bits per heavy atom. The van der Waals surface area contributed by atoms with E-state index < -0.39 is 0 Å². The number of benzene rings is 1. The van der Waals surface area contributed by atoms with Crippen LogP contribution in [0.1, 0.15) is 17.5 Å². The molecule has 0 amide bonds. The molecule has 1 aromatic carbocycles. The standard InChI is InChI=1S/C12H18N4/c13-11-4-5-16(8-11)7-9-2-1-3-10(6-9)12(14)15/h1-3,6,11H,4-5,7-8,13H2,(H3,14,15)/t11-/m0/s1. The van der Waals surface area contributed by atoms with Crippen molar-refractivity contribution in [2.75, 3.05) is 13.1 Å². The maximum absolute atomic E-state index is 7.39. The summed E-state index contributed by atoms with van der Waals surface area (Å²) in [5.41, 5.74) is 13.3. The Bertz CT molecular complexity index is 388. The lowest BCUT2D eigenvalue weighted by atomic mass is 10.1. The fourth-order valence-electron chi connectivity index (χ4n) is 2.10. The van der Waals surface area contributed by atoms with Crippen LogP contribution in [0, 0.1) is 5.41 Å². The first-order valence-electron chi connectivity index (χ1n) is 5.56. The van der Waals surface area contributed by atoms with Gasteiger partial charge in [0.1, 0.15) is 5.84 Å². The van der Waals surface area contributed by atoms with E-state index in [-0.39, 0.29) is 5.84 Å². The smallest absolute Gasteiger partial charge is 0.122 e. The first-order chi connectivity index (χ1) is 7.65. The van der Waals surface area contributed by atoms with Gasteiger partial charge in [0.15, 0.2) is 0 Å². The largest absolute Gasteiger partial charge is 0.384 e. The summed E-state index contributed by atoms with van der Waals surface area (Å²) < 4.78 is 0. The topological polar surface area (TPSA) is 79.1 Å². The molecule has 1 fully saturated rings. The molecule has 4 nitrogen and oxygen atoms in total. The molecule has 0 unspecified atom stereocenters. The predicted octanol–water partition coefficient (Wildman–Crippen LogP) is 0.504. The van der Waals surface area contributed by atoms with Crippen LogP contribution in [0.25, 0.3) is 0 Å². The molecule has 0 radical (unpaired) electrons. The lowest BCUT2D eigenvalue weighted by Gasteiger charge is -2.15. The molecule has 1 heterocycles. The highest BCUT2D eigenvalue weighted by molar-refractivity contribution is 5.95. The van der Waals surface area contributed by atoms with E-state index in [1.807, 2.05) is 18.2 Å². The van der Waals surface area contributed by atoms with Crippen molar-refractivity contribution < 1.29 is 0 Å². The minimum atomic E-state index is 0.125. The monoisotopic (exact) mass is 218 g/mol. The average molecular weight is 218 g/mol. The highest BCUT2D eigenvalue weighted by Crippen LogP contribution is 2.13. The normalized spacial score (nSPS) is 21.2. The number of nitrogen functional groups attached to an aromatic ring is 1. The van der Waals surface area contributed by atoms with E-state index in [1.165, 1.54) is 5.56 Å². The molecule has 1 aliphatic heterocycles. The van der Waals surface area contributed by atoms with E-state index in [4.69, 9.17) is 16.9 Å². The summed E-state index contributed by atoms with van der Waals surface area (Å²) in [5, 5.41) is 7.39. The summed E-state index contributed by atoms with van der Waals surface area (Å²) in [7, 11) is 0. The van der Waals surface area contributed by atoms with Gasteiger partial charge in [-0.25, -0.2) is 0 Å². The predicted molar refractivity (Wildman–Crippen MR) is 65.3 cm³/mol. The molecule has 86 valence electrons. The summed E-state index contributed by atoms with van der Waals surface area (Å²) in [6.45, 7) is 2.92. The zero-order valence-corrected chi connectivity index (χ0v) is 9.32. The van der Waals surface area contributed by atoms with Crippen molar-refractivity contribution in [1.29, 1.82) is 5.41 Å². The minimum Gasteiger partial charge on any atom is -0.384 e. The third-order valence-electron chi connectivity index (χ3n) is 2.95. The quantitative estimate of drug-likeness (QED) is 0.510. The summed E-state index contributed by atoms with van der Waals surface area (Å²) in [6, 6.07) is 8.17. The van der Waals surface area contributed by atoms with Gasteiger partial charge in [0.25, 0.3) is 0 Å². The van der Waals surface area contributed by atoms with Gasteiger partial charge < -0.3 is 11.5 Å². The van der Waals surface area contributed by atoms with Crippen molar-refractivity contribution in [2.45, 2.75) is 19.0 Å². The Kier molecular flexibility index (Phi) is 3.22. The number of rotatable bonds is 3. The number of nitrogens with one attached hydrogen (secondary N) is 1. The van der Waals surface area contributed by atoms with Crippen LogP contribution < -0.4 is 11.5 Å². The van der Waals surface area contributed by atoms with Crippen LogP contribution >= 0.6 is 0 Å². The summed E-state index contributed by atoms with van der Waals surface area (Å²) in [4.78, 5) is 2.34. The maximum Gasteiger partial charge on any atom is 0.122 e. The lowest BCUT2D eigenvalue weighted by Crippen LogP contribution is -2.26. The fourth-order valence-corrected chi connectivity index (χ4v) is 2.10. The molecule has 2 rings (SSSR count). The van der Waals surface area contributed by atoms with Crippen LogP contribution in [0.4, 0.5) is 0 Å². The number of hydrogen-bond acceptors (Lipinski definition) is 3. The first kappa shape index (κ1) is 11.1. The molecule has 5 N–H and O–H groups in total. The molecule has 1 aromatic rings. The van der Waals surface area contributed by atoms with Crippen molar-refractivity contribution in [3.63, 3.8) is 0 Å². The second kappa shape index (κ2) is 4.63. The summed E-state index contributed by atoms with van der Waals surface area (Å²) in [6.07, 6.45) is 1.08. The van der Waals surface area contributed by atoms with E-state index in [1.54, 1.807) is 0 Å². The van der Waals surface area contributed by atoms with Gasteiger partial charge in [-0.15, -0.1) is 0 Å². The summed E-state index contributed by atoms with van der Waals surface area (Å²) >= 11 is 0. The van der Waals surface area contributed by atoms with Crippen LogP contribution in [0.5, 0.6) is 0 Å². The molecule has 1 saturated heterocycles. The second-order valence-electron chi connectivity index (χ2n) is 4.40. The molecule has 1 aliphatic rings. The SMILES string of the molecule is N=C(N)c1cccc(CN2CC[C@H](N)C2)c1. The molecule has 0 bridgehead atoms. The van der Waals surface area contributed by atoms with Gasteiger partial charge >= 0.3 is 0 Å². The van der Waals surface area contributed by atoms with Crippen LogP contribution in [0.3, 0.4) is 0 Å². The molecular formula is C12H18N4. The van der Waals surface area contributed by atoms with Crippen LogP contribution in [-0.4, -0.2) is 29.9 Å². The number of nitrogens with zero attached hydrogens (tertiary/aromatic N) is 1. The first-order valence-corrected chi connectivity index (χ1v) is 5.56. The Morgan fingerprint density at radius 3 is 2.94 bits per heavy atom. The van der Waals surface area contributed by atoms with Gasteiger partial charge in [0.05, 0.1) is 0 Å². The average Bonchev–Trinajstić information content (AvgIpc) is 2.64. The third kappa shape index (κ3) is 2.59. The van der Waals surface area contributed by atoms with E-state index in [0.717, 1.165) is 31.6 Å². The van der Waals surface area contributed by atoms with Gasteiger partial charge in [-0.1, -0.05) is 18.2 Å². The van der Waals surface area contributed by atoms with E-state index in [9.17, 15) is 0 Å². The van der Waals surface area contributed by atoms with Crippen molar-refractivity contribution in [3.05, 3.63) is 35.4 Å². The van der Waals surface area contributed by atoms with Gasteiger partial charge in [-0.05, 0) is 18.1 Å². The molecule has 1 atom stereocenters. The highest BCUT2D eigenvalue weighted by Gasteiger charge is 2.18. The minimum absolute atomic E-state index is 0.125. The molecule has 0 saturated carbocycles. The zero-order chi connectivity index (χ0) is 11.5. The van der Waals surface area contributed by atoms with Gasteiger partial charge in [-0.3, -0.25) is 10.3 Å². The lowest BCUT2D eigenvalue weighted by molar-refractivity contribution is 0.327. The summed E-state index contributed by atoms with van der Waals surface area (Å²) in [5.74, 6) is 0.125. The molecule has 16 heavy (non-hydrogen) atoms. The van der Waals surface area contributed by atoms with Crippen LogP contribution in [0.15, 0.2) is 24.3 Å². The number of amidine groups is 1. The van der Waals surface area contributed by atoms with Crippen molar-refractivity contribution in [3.8, 4) is 0 Å². The van der Waals surface area contributed by atoms with Crippen molar-refractivity contribution >= 4 is 5.84 Å². The van der Waals surface area contributed by atoms with Crippen molar-refractivity contribution in [1.82, 2.24) is 4.90 Å². The van der Waals surface area contributed by atoms with Crippen molar-refractivity contribution in [2.24, 2.45) is 11.5 Å². The maximum atomic E-state index is 7.39. The Hall–Kier alpha value is -1.39. The number of nitrogens with two attached hydrogens (primary N) is 2. The van der Waals surface area contributed by atoms with E-state index in [0.29, 0.717) is 6.04 Å². The Labute approximate surface area is 95.7 Å². The fraction of sp³-hybridized carbons (Fsp3) is 0.417. The Morgan fingerprint density at radius 2 is 2.31 bits per heavy atom. The third-order valence-corrected chi connectivity index (χ3v) is 2.95. The van der Waals surface area contributed by atoms with Gasteiger partial charge in [0, 0.05) is 31.2 Å². The van der Waals surface area contributed by atoms with Gasteiger partial charge in [-0.2, -0.15) is 0 Å². The molecule has 0 aliphatic carbocycles. The second-order valence-corrected chi connectivity index (χ2v) is 4.40. The van der Waals surface area contributed by atoms with E-state index in [2.05, 4.69) is 11.0 Å². The molecule has 4 heteroatoms. The molecular weight excluding hydrogens is 200 g/mol. The number of hydrogen-bond donors (Lipinski definition) is 3. The molecule has 0 aromatic heterocycles.